The smallest absolute Gasteiger partial charge is 0.341 e. The van der Waals surface area contributed by atoms with Gasteiger partial charge in [-0.3, -0.25) is 4.79 Å². The number of hydrogen-bond donors (Lipinski definition) is 2. The Labute approximate surface area is 120 Å². The Bertz CT molecular complexity index is 573. The van der Waals surface area contributed by atoms with Gasteiger partial charge in [0.1, 0.15) is 5.92 Å². The molecule has 2 atom stereocenters. The highest BCUT2D eigenvalue weighted by Crippen LogP contribution is 2.28. The van der Waals surface area contributed by atoms with E-state index < -0.39 is 24.0 Å². The standard InChI is InChI=1S/C13H13ClN2O4/c1-20-6-9-10(12(17)18)11(16-13(19)15-9)7-3-2-4-8(14)5-7/h2-5,10-11H,6H2,1H3,(H,16,19)(H,17,18). The minimum absolute atomic E-state index is 0.0124. The van der Waals surface area contributed by atoms with Gasteiger partial charge in [-0.2, -0.15) is 4.99 Å². The Hall–Kier alpha value is -1.92. The van der Waals surface area contributed by atoms with Crippen LogP contribution < -0.4 is 5.32 Å². The molecule has 0 saturated heterocycles. The zero-order valence-corrected chi connectivity index (χ0v) is 11.4. The summed E-state index contributed by atoms with van der Waals surface area (Å²) in [5.41, 5.74) is 0.801. The van der Waals surface area contributed by atoms with Gasteiger partial charge in [-0.25, -0.2) is 4.79 Å². The van der Waals surface area contributed by atoms with E-state index >= 15 is 0 Å². The summed E-state index contributed by atoms with van der Waals surface area (Å²) in [5.74, 6) is -2.06. The lowest BCUT2D eigenvalue weighted by molar-refractivity contribution is -0.140. The van der Waals surface area contributed by atoms with E-state index in [-0.39, 0.29) is 12.3 Å². The van der Waals surface area contributed by atoms with Crippen LogP contribution in [0.5, 0.6) is 0 Å². The average Bonchev–Trinajstić information content (AvgIpc) is 2.38. The van der Waals surface area contributed by atoms with Crippen molar-refractivity contribution >= 4 is 29.3 Å². The first-order chi connectivity index (χ1) is 9.52. The van der Waals surface area contributed by atoms with Gasteiger partial charge in [0, 0.05) is 12.1 Å². The number of ether oxygens (including phenoxy) is 1. The molecule has 1 aromatic carbocycles. The maximum Gasteiger partial charge on any atom is 0.341 e. The summed E-state index contributed by atoms with van der Waals surface area (Å²) in [6.45, 7) is -0.0124. The third-order valence-electron chi connectivity index (χ3n) is 2.98. The molecule has 1 aliphatic heterocycles. The fourth-order valence-corrected chi connectivity index (χ4v) is 2.37. The Morgan fingerprint density at radius 1 is 1.55 bits per heavy atom. The lowest BCUT2D eigenvalue weighted by Crippen LogP contribution is -2.45. The van der Waals surface area contributed by atoms with Crippen molar-refractivity contribution in [1.29, 1.82) is 0 Å². The van der Waals surface area contributed by atoms with Gasteiger partial charge < -0.3 is 15.2 Å². The van der Waals surface area contributed by atoms with Crippen LogP contribution in [0.1, 0.15) is 11.6 Å². The second-order valence-corrected chi connectivity index (χ2v) is 4.77. The van der Waals surface area contributed by atoms with Crippen LogP contribution in [0.15, 0.2) is 29.3 Å². The summed E-state index contributed by atoms with van der Waals surface area (Å²) in [7, 11) is 1.42. The highest BCUT2D eigenvalue weighted by Gasteiger charge is 2.38. The number of carbonyl (C=O) groups excluding carboxylic acids is 1. The third kappa shape index (κ3) is 2.97. The molecule has 0 spiro atoms. The van der Waals surface area contributed by atoms with E-state index in [1.807, 2.05) is 0 Å². The van der Waals surface area contributed by atoms with E-state index in [1.54, 1.807) is 24.3 Å². The molecular formula is C13H13ClN2O4. The van der Waals surface area contributed by atoms with E-state index in [1.165, 1.54) is 7.11 Å². The van der Waals surface area contributed by atoms with Crippen molar-refractivity contribution < 1.29 is 19.4 Å². The highest BCUT2D eigenvalue weighted by molar-refractivity contribution is 6.30. The summed E-state index contributed by atoms with van der Waals surface area (Å²) >= 11 is 5.91. The molecule has 0 aromatic heterocycles. The normalized spacial score (nSPS) is 22.1. The second-order valence-electron chi connectivity index (χ2n) is 4.33. The molecule has 0 bridgehead atoms. The predicted molar refractivity (Wildman–Crippen MR) is 73.2 cm³/mol. The summed E-state index contributed by atoms with van der Waals surface area (Å²) in [5, 5.41) is 12.4. The van der Waals surface area contributed by atoms with Crippen LogP contribution in [0, 0.1) is 5.92 Å². The summed E-state index contributed by atoms with van der Waals surface area (Å²) < 4.78 is 4.92. The number of carbonyl (C=O) groups is 2. The fraction of sp³-hybridized carbons (Fsp3) is 0.308. The second kappa shape index (κ2) is 6.02. The molecule has 2 rings (SSSR count). The number of methoxy groups -OCH3 is 1. The van der Waals surface area contributed by atoms with Crippen molar-refractivity contribution in [2.45, 2.75) is 6.04 Å². The number of carboxylic acids is 1. The van der Waals surface area contributed by atoms with Gasteiger partial charge in [0.2, 0.25) is 0 Å². The molecule has 0 saturated carbocycles. The van der Waals surface area contributed by atoms with Crippen molar-refractivity contribution in [3.8, 4) is 0 Å². The zero-order valence-electron chi connectivity index (χ0n) is 10.7. The Morgan fingerprint density at radius 3 is 2.90 bits per heavy atom. The number of hydrogen-bond acceptors (Lipinski definition) is 3. The summed E-state index contributed by atoms with van der Waals surface area (Å²) in [6.07, 6.45) is 0. The van der Waals surface area contributed by atoms with Crippen molar-refractivity contribution in [1.82, 2.24) is 5.32 Å². The van der Waals surface area contributed by atoms with E-state index in [0.717, 1.165) is 0 Å². The number of aliphatic carboxylic acids is 1. The molecule has 20 heavy (non-hydrogen) atoms. The molecule has 106 valence electrons. The van der Waals surface area contributed by atoms with Crippen molar-refractivity contribution in [2.75, 3.05) is 13.7 Å². The first kappa shape index (κ1) is 14.5. The lowest BCUT2D eigenvalue weighted by Gasteiger charge is -2.29. The molecule has 0 aliphatic carbocycles. The van der Waals surface area contributed by atoms with E-state index in [0.29, 0.717) is 10.6 Å². The van der Waals surface area contributed by atoms with Crippen LogP contribution in [0.25, 0.3) is 0 Å². The molecule has 2 unspecified atom stereocenters. The maximum atomic E-state index is 11.6. The van der Waals surface area contributed by atoms with Gasteiger partial charge in [0.25, 0.3) is 0 Å². The maximum absolute atomic E-state index is 11.6. The number of amides is 2. The Kier molecular flexibility index (Phi) is 4.36. The molecule has 0 fully saturated rings. The van der Waals surface area contributed by atoms with Crippen molar-refractivity contribution in [3.05, 3.63) is 34.9 Å². The number of benzene rings is 1. The monoisotopic (exact) mass is 296 g/mol. The van der Waals surface area contributed by atoms with Crippen LogP contribution in [-0.2, 0) is 9.53 Å². The number of rotatable bonds is 4. The Balaban J connectivity index is 2.43. The summed E-state index contributed by atoms with van der Waals surface area (Å²) in [4.78, 5) is 26.8. The number of halogens is 1. The van der Waals surface area contributed by atoms with Crippen LogP contribution in [0.4, 0.5) is 4.79 Å². The van der Waals surface area contributed by atoms with Gasteiger partial charge >= 0.3 is 12.0 Å². The molecule has 1 aliphatic rings. The zero-order chi connectivity index (χ0) is 14.7. The Morgan fingerprint density at radius 2 is 2.30 bits per heavy atom. The number of urea groups is 1. The van der Waals surface area contributed by atoms with Crippen molar-refractivity contribution in [2.24, 2.45) is 10.9 Å². The van der Waals surface area contributed by atoms with Crippen LogP contribution in [-0.4, -0.2) is 36.5 Å². The van der Waals surface area contributed by atoms with Crippen molar-refractivity contribution in [3.63, 3.8) is 0 Å². The molecule has 1 aromatic rings. The quantitative estimate of drug-likeness (QED) is 0.888. The number of nitrogens with zero attached hydrogens (tertiary/aromatic N) is 1. The van der Waals surface area contributed by atoms with Gasteiger partial charge in [0.15, 0.2) is 0 Å². The summed E-state index contributed by atoms with van der Waals surface area (Å²) in [6, 6.07) is 5.40. The van der Waals surface area contributed by atoms with E-state index in [2.05, 4.69) is 10.3 Å². The van der Waals surface area contributed by atoms with Crippen LogP contribution >= 0.6 is 11.6 Å². The molecular weight excluding hydrogens is 284 g/mol. The lowest BCUT2D eigenvalue weighted by atomic mass is 9.88. The molecule has 1 heterocycles. The van der Waals surface area contributed by atoms with Gasteiger partial charge in [-0.15, -0.1) is 0 Å². The molecule has 2 N–H and O–H groups in total. The topological polar surface area (TPSA) is 88.0 Å². The van der Waals surface area contributed by atoms with Gasteiger partial charge in [0.05, 0.1) is 18.4 Å². The van der Waals surface area contributed by atoms with E-state index in [9.17, 15) is 14.7 Å². The number of carboxylic acid groups (broad SMARTS) is 1. The first-order valence-electron chi connectivity index (χ1n) is 5.88. The fourth-order valence-electron chi connectivity index (χ4n) is 2.17. The molecule has 7 heteroatoms. The van der Waals surface area contributed by atoms with E-state index in [4.69, 9.17) is 16.3 Å². The largest absolute Gasteiger partial charge is 0.481 e. The number of aliphatic imine (C=N–C) groups is 1. The van der Waals surface area contributed by atoms with Gasteiger partial charge in [-0.1, -0.05) is 23.7 Å². The average molecular weight is 297 g/mol. The molecule has 0 radical (unpaired) electrons. The SMILES string of the molecule is COCC1=NC(=O)NC(c2cccc(Cl)c2)C1C(=O)O. The van der Waals surface area contributed by atoms with Crippen LogP contribution in [0.3, 0.4) is 0 Å². The van der Waals surface area contributed by atoms with Crippen LogP contribution in [0.2, 0.25) is 5.02 Å². The number of nitrogens with one attached hydrogen (secondary N) is 1. The minimum Gasteiger partial charge on any atom is -0.481 e. The molecule has 6 nitrogen and oxygen atoms in total. The predicted octanol–water partition coefficient (Wildman–Crippen LogP) is 1.89. The minimum atomic E-state index is -1.08. The first-order valence-corrected chi connectivity index (χ1v) is 6.26. The van der Waals surface area contributed by atoms with Gasteiger partial charge in [-0.05, 0) is 17.7 Å². The highest BCUT2D eigenvalue weighted by atomic mass is 35.5. The third-order valence-corrected chi connectivity index (χ3v) is 3.22. The molecule has 2 amide bonds.